The molecule has 20 heavy (non-hydrogen) atoms. The van der Waals surface area contributed by atoms with Gasteiger partial charge in [-0.2, -0.15) is 0 Å². The van der Waals surface area contributed by atoms with E-state index in [1.165, 1.54) is 4.90 Å². The molecule has 0 saturated carbocycles. The van der Waals surface area contributed by atoms with Crippen molar-refractivity contribution in [2.24, 2.45) is 0 Å². The Morgan fingerprint density at radius 1 is 1.40 bits per heavy atom. The van der Waals surface area contributed by atoms with Crippen molar-refractivity contribution in [3.05, 3.63) is 24.2 Å². The topological polar surface area (TPSA) is 82.8 Å². The SMILES string of the molecule is CCC(CC)(NCC(=O)N(C)Cc1ccco1)C(=O)O. The molecule has 6 heteroatoms. The van der Waals surface area contributed by atoms with Crippen molar-refractivity contribution in [1.82, 2.24) is 10.2 Å². The van der Waals surface area contributed by atoms with Crippen molar-refractivity contribution in [3.63, 3.8) is 0 Å². The standard InChI is InChI=1S/C14H22N2O4/c1-4-14(5-2,13(18)19)15-9-12(17)16(3)10-11-7-6-8-20-11/h6-8,15H,4-5,9-10H2,1-3H3,(H,18,19). The van der Waals surface area contributed by atoms with E-state index in [1.807, 2.05) is 0 Å². The van der Waals surface area contributed by atoms with Crippen LogP contribution in [0.5, 0.6) is 0 Å². The van der Waals surface area contributed by atoms with E-state index in [1.54, 1.807) is 39.3 Å². The van der Waals surface area contributed by atoms with Crippen LogP contribution in [0, 0.1) is 0 Å². The summed E-state index contributed by atoms with van der Waals surface area (Å²) in [6.07, 6.45) is 2.40. The lowest BCUT2D eigenvalue weighted by Crippen LogP contribution is -2.54. The molecule has 0 aliphatic heterocycles. The van der Waals surface area contributed by atoms with Gasteiger partial charge in [-0.1, -0.05) is 13.8 Å². The lowest BCUT2D eigenvalue weighted by molar-refractivity contribution is -0.145. The van der Waals surface area contributed by atoms with Gasteiger partial charge in [0.1, 0.15) is 11.3 Å². The van der Waals surface area contributed by atoms with Gasteiger partial charge in [-0.05, 0) is 25.0 Å². The molecular formula is C14H22N2O4. The molecule has 2 N–H and O–H groups in total. The van der Waals surface area contributed by atoms with Crippen LogP contribution in [0.4, 0.5) is 0 Å². The number of rotatable bonds is 8. The van der Waals surface area contributed by atoms with Crippen LogP contribution in [0.25, 0.3) is 0 Å². The van der Waals surface area contributed by atoms with Crippen LogP contribution in [0.15, 0.2) is 22.8 Å². The monoisotopic (exact) mass is 282 g/mol. The third-order valence-electron chi connectivity index (χ3n) is 3.59. The predicted molar refractivity (Wildman–Crippen MR) is 74.1 cm³/mol. The number of furan rings is 1. The first kappa shape index (κ1) is 16.2. The van der Waals surface area contributed by atoms with Crippen LogP contribution < -0.4 is 5.32 Å². The van der Waals surface area contributed by atoms with Gasteiger partial charge < -0.3 is 14.4 Å². The Labute approximate surface area is 118 Å². The molecule has 6 nitrogen and oxygen atoms in total. The van der Waals surface area contributed by atoms with Crippen molar-refractivity contribution in [2.75, 3.05) is 13.6 Å². The first-order valence-corrected chi connectivity index (χ1v) is 6.70. The van der Waals surface area contributed by atoms with E-state index in [0.29, 0.717) is 25.1 Å². The average molecular weight is 282 g/mol. The molecule has 0 fully saturated rings. The maximum Gasteiger partial charge on any atom is 0.323 e. The molecule has 1 rings (SSSR count). The second-order valence-electron chi connectivity index (χ2n) is 4.78. The van der Waals surface area contributed by atoms with E-state index in [4.69, 9.17) is 4.42 Å². The number of carboxylic acids is 1. The lowest BCUT2D eigenvalue weighted by atomic mass is 9.93. The van der Waals surface area contributed by atoms with Gasteiger partial charge in [0, 0.05) is 7.05 Å². The first-order valence-electron chi connectivity index (χ1n) is 6.70. The number of hydrogen-bond acceptors (Lipinski definition) is 4. The largest absolute Gasteiger partial charge is 0.480 e. The van der Waals surface area contributed by atoms with E-state index in [-0.39, 0.29) is 12.5 Å². The third-order valence-corrected chi connectivity index (χ3v) is 3.59. The predicted octanol–water partition coefficient (Wildman–Crippen LogP) is 1.47. The number of carbonyl (C=O) groups is 2. The number of carboxylic acid groups (broad SMARTS) is 1. The molecule has 1 heterocycles. The van der Waals surface area contributed by atoms with Crippen molar-refractivity contribution in [2.45, 2.75) is 38.8 Å². The Bertz CT molecular complexity index is 438. The molecule has 0 saturated heterocycles. The molecule has 0 bridgehead atoms. The fraction of sp³-hybridized carbons (Fsp3) is 0.571. The summed E-state index contributed by atoms with van der Waals surface area (Å²) in [4.78, 5) is 24.8. The van der Waals surface area contributed by atoms with E-state index >= 15 is 0 Å². The zero-order valence-corrected chi connectivity index (χ0v) is 12.2. The summed E-state index contributed by atoms with van der Waals surface area (Å²) in [5.41, 5.74) is -1.04. The number of likely N-dealkylation sites (N-methyl/N-ethyl adjacent to an activating group) is 1. The molecular weight excluding hydrogens is 260 g/mol. The van der Waals surface area contributed by atoms with Gasteiger partial charge in [-0.3, -0.25) is 14.9 Å². The Kier molecular flexibility index (Phi) is 5.76. The Hall–Kier alpha value is -1.82. The summed E-state index contributed by atoms with van der Waals surface area (Å²) in [5.74, 6) is -0.408. The van der Waals surface area contributed by atoms with Crippen LogP contribution in [0.1, 0.15) is 32.4 Å². The Morgan fingerprint density at radius 3 is 2.50 bits per heavy atom. The first-order chi connectivity index (χ1) is 9.45. The van der Waals surface area contributed by atoms with Gasteiger partial charge in [0.2, 0.25) is 5.91 Å². The molecule has 0 aliphatic carbocycles. The van der Waals surface area contributed by atoms with Gasteiger partial charge >= 0.3 is 5.97 Å². The van der Waals surface area contributed by atoms with Crippen LogP contribution in [-0.4, -0.2) is 41.0 Å². The molecule has 1 aromatic heterocycles. The van der Waals surface area contributed by atoms with Crippen LogP contribution in [0.2, 0.25) is 0 Å². The van der Waals surface area contributed by atoms with Crippen LogP contribution in [0.3, 0.4) is 0 Å². The van der Waals surface area contributed by atoms with Gasteiger partial charge in [0.15, 0.2) is 0 Å². The third kappa shape index (κ3) is 3.84. The van der Waals surface area contributed by atoms with E-state index < -0.39 is 11.5 Å². The molecule has 1 amide bonds. The van der Waals surface area contributed by atoms with Crippen molar-refractivity contribution in [3.8, 4) is 0 Å². The summed E-state index contributed by atoms with van der Waals surface area (Å²) in [6.45, 7) is 3.94. The molecule has 112 valence electrons. The molecule has 0 spiro atoms. The van der Waals surface area contributed by atoms with E-state index in [2.05, 4.69) is 5.32 Å². The van der Waals surface area contributed by atoms with E-state index in [0.717, 1.165) is 0 Å². The number of hydrogen-bond donors (Lipinski definition) is 2. The highest BCUT2D eigenvalue weighted by atomic mass is 16.4. The summed E-state index contributed by atoms with van der Waals surface area (Å²) < 4.78 is 5.17. The van der Waals surface area contributed by atoms with Crippen molar-refractivity contribution < 1.29 is 19.1 Å². The summed E-state index contributed by atoms with van der Waals surface area (Å²) in [5, 5.41) is 12.2. The summed E-state index contributed by atoms with van der Waals surface area (Å²) in [6, 6.07) is 3.55. The number of amides is 1. The normalized spacial score (nSPS) is 11.3. The summed E-state index contributed by atoms with van der Waals surface area (Å²) in [7, 11) is 1.66. The highest BCUT2D eigenvalue weighted by Gasteiger charge is 2.34. The Morgan fingerprint density at radius 2 is 2.05 bits per heavy atom. The molecule has 0 aromatic carbocycles. The number of nitrogens with one attached hydrogen (secondary N) is 1. The van der Waals surface area contributed by atoms with E-state index in [9.17, 15) is 14.7 Å². The smallest absolute Gasteiger partial charge is 0.323 e. The summed E-state index contributed by atoms with van der Waals surface area (Å²) >= 11 is 0. The Balaban J connectivity index is 2.55. The molecule has 0 atom stereocenters. The minimum Gasteiger partial charge on any atom is -0.480 e. The number of nitrogens with zero attached hydrogens (tertiary/aromatic N) is 1. The number of carbonyl (C=O) groups excluding carboxylic acids is 1. The lowest BCUT2D eigenvalue weighted by Gasteiger charge is -2.28. The van der Waals surface area contributed by atoms with Crippen LogP contribution in [-0.2, 0) is 16.1 Å². The fourth-order valence-corrected chi connectivity index (χ4v) is 1.98. The second kappa shape index (κ2) is 7.09. The van der Waals surface area contributed by atoms with Gasteiger partial charge in [-0.15, -0.1) is 0 Å². The molecule has 0 radical (unpaired) electrons. The molecule has 1 aromatic rings. The van der Waals surface area contributed by atoms with Gasteiger partial charge in [0.05, 0.1) is 19.4 Å². The van der Waals surface area contributed by atoms with Crippen molar-refractivity contribution >= 4 is 11.9 Å². The molecule has 0 aliphatic rings. The minimum absolute atomic E-state index is 0.00874. The van der Waals surface area contributed by atoms with Gasteiger partial charge in [0.25, 0.3) is 0 Å². The second-order valence-corrected chi connectivity index (χ2v) is 4.78. The zero-order valence-electron chi connectivity index (χ0n) is 12.2. The average Bonchev–Trinajstić information content (AvgIpc) is 2.92. The van der Waals surface area contributed by atoms with Crippen molar-refractivity contribution in [1.29, 1.82) is 0 Å². The molecule has 0 unspecified atom stereocenters. The fourth-order valence-electron chi connectivity index (χ4n) is 1.98. The highest BCUT2D eigenvalue weighted by molar-refractivity contribution is 5.82. The number of aliphatic carboxylic acids is 1. The zero-order chi connectivity index (χ0) is 15.2. The quantitative estimate of drug-likeness (QED) is 0.754. The highest BCUT2D eigenvalue weighted by Crippen LogP contribution is 2.15. The van der Waals surface area contributed by atoms with Gasteiger partial charge in [-0.25, -0.2) is 0 Å². The minimum atomic E-state index is -1.04. The maximum atomic E-state index is 12.0. The maximum absolute atomic E-state index is 12.0. The van der Waals surface area contributed by atoms with Crippen LogP contribution >= 0.6 is 0 Å².